The maximum Gasteiger partial charge on any atom is 2.00 e. The first-order valence-electron chi connectivity index (χ1n) is 5.42. The van der Waals surface area contributed by atoms with Crippen molar-refractivity contribution in [3.05, 3.63) is 59.7 Å². The van der Waals surface area contributed by atoms with Crippen molar-refractivity contribution in [2.45, 2.75) is 0 Å². The molecule has 8 heteroatoms. The molecule has 0 aromatic heterocycles. The topological polar surface area (TPSA) is 152 Å². The van der Waals surface area contributed by atoms with E-state index in [1.807, 2.05) is 0 Å². The molecule has 2 aromatic rings. The summed E-state index contributed by atoms with van der Waals surface area (Å²) in [6.07, 6.45) is 0. The number of aromatic carboxylic acids is 2. The molecule has 0 bridgehead atoms. The van der Waals surface area contributed by atoms with Gasteiger partial charge in [-0.1, -0.05) is 47.9 Å². The van der Waals surface area contributed by atoms with E-state index >= 15 is 0 Å². The van der Waals surface area contributed by atoms with E-state index < -0.39 is 23.4 Å². The SMILES string of the molecule is O.O=C(O)c1ccccc1[O-].O=C(O)c1ccccc1[O-].[Mg+2]. The molecule has 7 nitrogen and oxygen atoms in total. The van der Waals surface area contributed by atoms with Crippen LogP contribution in [0, 0.1) is 0 Å². The van der Waals surface area contributed by atoms with Gasteiger partial charge >= 0.3 is 35.0 Å². The van der Waals surface area contributed by atoms with Crippen LogP contribution in [-0.4, -0.2) is 50.7 Å². The van der Waals surface area contributed by atoms with Gasteiger partial charge in [-0.05, 0) is 12.1 Å². The first-order chi connectivity index (χ1) is 9.43. The van der Waals surface area contributed by atoms with Crippen molar-refractivity contribution in [3.8, 4) is 11.5 Å². The van der Waals surface area contributed by atoms with Gasteiger partial charge in [0.2, 0.25) is 0 Å². The van der Waals surface area contributed by atoms with Crippen LogP contribution >= 0.6 is 0 Å². The molecular weight excluding hydrogens is 304 g/mol. The minimum Gasteiger partial charge on any atom is -0.872 e. The van der Waals surface area contributed by atoms with Crippen LogP contribution in [-0.2, 0) is 0 Å². The molecule has 0 aliphatic rings. The summed E-state index contributed by atoms with van der Waals surface area (Å²) in [5.41, 5.74) is -0.356. The summed E-state index contributed by atoms with van der Waals surface area (Å²) in [6, 6.07) is 11.1. The van der Waals surface area contributed by atoms with Gasteiger partial charge in [-0.2, -0.15) is 0 Å². The predicted molar refractivity (Wildman–Crippen MR) is 75.1 cm³/mol. The number of rotatable bonds is 2. The number of benzene rings is 2. The van der Waals surface area contributed by atoms with Gasteiger partial charge in [0.05, 0.1) is 11.1 Å². The molecule has 0 amide bonds. The predicted octanol–water partition coefficient (Wildman–Crippen LogP) is -0.289. The molecule has 0 saturated heterocycles. The van der Waals surface area contributed by atoms with Crippen LogP contribution in [0.5, 0.6) is 11.5 Å². The summed E-state index contributed by atoms with van der Waals surface area (Å²) in [6.45, 7) is 0. The van der Waals surface area contributed by atoms with Crippen molar-refractivity contribution in [1.29, 1.82) is 0 Å². The Morgan fingerprint density at radius 1 is 0.727 bits per heavy atom. The molecule has 0 unspecified atom stereocenters. The van der Waals surface area contributed by atoms with Gasteiger partial charge < -0.3 is 25.9 Å². The maximum absolute atomic E-state index is 10.7. The van der Waals surface area contributed by atoms with Gasteiger partial charge in [-0.15, -0.1) is 0 Å². The van der Waals surface area contributed by atoms with Crippen LogP contribution in [0.1, 0.15) is 20.7 Å². The van der Waals surface area contributed by atoms with Gasteiger partial charge in [0.25, 0.3) is 0 Å². The molecule has 2 aromatic carbocycles. The van der Waals surface area contributed by atoms with Crippen molar-refractivity contribution in [2.24, 2.45) is 0 Å². The van der Waals surface area contributed by atoms with Gasteiger partial charge in [0.15, 0.2) is 0 Å². The Morgan fingerprint density at radius 2 is 1.00 bits per heavy atom. The Hall–Kier alpha value is -2.29. The Kier molecular flexibility index (Phi) is 10.4. The van der Waals surface area contributed by atoms with Gasteiger partial charge in [0.1, 0.15) is 0 Å². The first-order valence-corrected chi connectivity index (χ1v) is 5.42. The van der Waals surface area contributed by atoms with Crippen LogP contribution in [0.25, 0.3) is 0 Å². The molecule has 22 heavy (non-hydrogen) atoms. The quantitative estimate of drug-likeness (QED) is 0.726. The minimum atomic E-state index is -1.18. The number of carbonyl (C=O) groups is 2. The van der Waals surface area contributed by atoms with E-state index in [0.717, 1.165) is 0 Å². The third kappa shape index (κ3) is 6.44. The number of carboxylic acid groups (broad SMARTS) is 2. The normalized spacial score (nSPS) is 8.36. The third-order valence-electron chi connectivity index (χ3n) is 2.23. The van der Waals surface area contributed by atoms with Crippen LogP contribution in [0.2, 0.25) is 0 Å². The summed E-state index contributed by atoms with van der Waals surface area (Å²) in [5, 5.41) is 38.1. The summed E-state index contributed by atoms with van der Waals surface area (Å²) >= 11 is 0. The number of hydrogen-bond acceptors (Lipinski definition) is 4. The van der Waals surface area contributed by atoms with E-state index in [-0.39, 0.29) is 39.7 Å². The first kappa shape index (κ1) is 22.0. The summed E-state index contributed by atoms with van der Waals surface area (Å²) in [4.78, 5) is 20.4. The second kappa shape index (κ2) is 10.4. The van der Waals surface area contributed by atoms with Crippen LogP contribution < -0.4 is 10.2 Å². The van der Waals surface area contributed by atoms with Crippen LogP contribution in [0.4, 0.5) is 0 Å². The summed E-state index contributed by atoms with van der Waals surface area (Å²) in [7, 11) is 0. The zero-order valence-electron chi connectivity index (χ0n) is 11.4. The molecule has 0 aliphatic carbocycles. The Morgan fingerprint density at radius 3 is 1.18 bits per heavy atom. The second-order valence-corrected chi connectivity index (χ2v) is 3.60. The molecule has 0 heterocycles. The average Bonchev–Trinajstić information content (AvgIpc) is 2.40. The monoisotopic (exact) mass is 316 g/mol. The van der Waals surface area contributed by atoms with Crippen LogP contribution in [0.15, 0.2) is 48.5 Å². The summed E-state index contributed by atoms with van der Waals surface area (Å²) in [5.74, 6) is -3.25. The Balaban J connectivity index is 0. The standard InChI is InChI=1S/2C7H6O3.Mg.H2O/c2*8-6-4-2-1-3-5(6)7(9)10;;/h2*1-4,8H,(H,9,10);;1H2/q;;+2;/p-2. The molecule has 2 rings (SSSR count). The number of hydrogen-bond donors (Lipinski definition) is 2. The Labute approximate surface area is 141 Å². The van der Waals surface area contributed by atoms with Crippen molar-refractivity contribution >= 4 is 35.0 Å². The van der Waals surface area contributed by atoms with Crippen LogP contribution in [0.3, 0.4) is 0 Å². The summed E-state index contributed by atoms with van der Waals surface area (Å²) < 4.78 is 0. The van der Waals surface area contributed by atoms with E-state index in [1.54, 1.807) is 0 Å². The zero-order chi connectivity index (χ0) is 15.1. The van der Waals surface area contributed by atoms with Crippen molar-refractivity contribution < 1.29 is 35.5 Å². The van der Waals surface area contributed by atoms with E-state index in [9.17, 15) is 19.8 Å². The molecule has 0 spiro atoms. The molecule has 0 atom stereocenters. The molecule has 0 radical (unpaired) electrons. The molecule has 0 fully saturated rings. The van der Waals surface area contributed by atoms with E-state index in [4.69, 9.17) is 10.2 Å². The number of carboxylic acids is 2. The third-order valence-corrected chi connectivity index (χ3v) is 2.23. The molecule has 0 aliphatic heterocycles. The fourth-order valence-corrected chi connectivity index (χ4v) is 1.29. The smallest absolute Gasteiger partial charge is 0.872 e. The van der Waals surface area contributed by atoms with E-state index in [0.29, 0.717) is 0 Å². The zero-order valence-corrected chi connectivity index (χ0v) is 12.8. The molecular formula is C14H12MgO7. The minimum absolute atomic E-state index is 0. The molecule has 112 valence electrons. The van der Waals surface area contributed by atoms with Gasteiger partial charge in [-0.25, -0.2) is 9.59 Å². The maximum atomic E-state index is 10.7. The number of para-hydroxylation sites is 2. The van der Waals surface area contributed by atoms with Gasteiger partial charge in [0, 0.05) is 0 Å². The van der Waals surface area contributed by atoms with Gasteiger partial charge in [-0.3, -0.25) is 0 Å². The van der Waals surface area contributed by atoms with Crippen molar-refractivity contribution in [2.75, 3.05) is 0 Å². The fourth-order valence-electron chi connectivity index (χ4n) is 1.29. The second-order valence-electron chi connectivity index (χ2n) is 3.60. The molecule has 0 saturated carbocycles. The van der Waals surface area contributed by atoms with Crippen molar-refractivity contribution in [3.63, 3.8) is 0 Å². The molecule has 4 N–H and O–H groups in total. The largest absolute Gasteiger partial charge is 2.00 e. The van der Waals surface area contributed by atoms with E-state index in [1.165, 1.54) is 48.5 Å². The Bertz CT molecular complexity index is 573. The van der Waals surface area contributed by atoms with Crippen molar-refractivity contribution in [1.82, 2.24) is 0 Å². The average molecular weight is 317 g/mol. The fraction of sp³-hybridized carbons (Fsp3) is 0. The van der Waals surface area contributed by atoms with E-state index in [2.05, 4.69) is 0 Å².